The Bertz CT molecular complexity index is 817. The van der Waals surface area contributed by atoms with Gasteiger partial charge in [-0.1, -0.05) is 6.07 Å². The monoisotopic (exact) mass is 399 g/mol. The van der Waals surface area contributed by atoms with Gasteiger partial charge in [0, 0.05) is 26.2 Å². The maximum absolute atomic E-state index is 12.3. The van der Waals surface area contributed by atoms with Gasteiger partial charge in [0.05, 0.1) is 23.6 Å². The van der Waals surface area contributed by atoms with E-state index in [-0.39, 0.29) is 30.2 Å². The van der Waals surface area contributed by atoms with E-state index < -0.39 is 34.5 Å². The molecule has 2 N–H and O–H groups in total. The summed E-state index contributed by atoms with van der Waals surface area (Å²) in [5, 5.41) is 8.94. The van der Waals surface area contributed by atoms with Crippen LogP contribution in [0.1, 0.15) is 17.3 Å². The van der Waals surface area contributed by atoms with Crippen molar-refractivity contribution in [2.45, 2.75) is 11.8 Å². The molecule has 148 valence electrons. The highest BCUT2D eigenvalue weighted by Gasteiger charge is 2.26. The summed E-state index contributed by atoms with van der Waals surface area (Å²) in [4.78, 5) is 37.5. The summed E-state index contributed by atoms with van der Waals surface area (Å²) in [5.74, 6) is -1.68. The van der Waals surface area contributed by atoms with Crippen LogP contribution in [0.2, 0.25) is 0 Å². The molecule has 1 aliphatic heterocycles. The lowest BCUT2D eigenvalue weighted by Gasteiger charge is -2.34. The molecule has 1 fully saturated rings. The zero-order valence-corrected chi connectivity index (χ0v) is 15.6. The lowest BCUT2D eigenvalue weighted by molar-refractivity contribution is -0.131. The van der Waals surface area contributed by atoms with Gasteiger partial charge in [-0.15, -0.1) is 0 Å². The zero-order valence-electron chi connectivity index (χ0n) is 14.8. The number of carbonyl (C=O) groups is 3. The Morgan fingerprint density at radius 3 is 2.37 bits per heavy atom. The minimum atomic E-state index is -4.03. The number of nitrogens with zero attached hydrogens (tertiary/aromatic N) is 2. The van der Waals surface area contributed by atoms with Crippen LogP contribution < -0.4 is 4.72 Å². The van der Waals surface area contributed by atoms with E-state index >= 15 is 0 Å². The van der Waals surface area contributed by atoms with Crippen molar-refractivity contribution in [3.63, 3.8) is 0 Å². The number of piperazine rings is 1. The van der Waals surface area contributed by atoms with Gasteiger partial charge in [-0.05, 0) is 25.1 Å². The van der Waals surface area contributed by atoms with Gasteiger partial charge < -0.3 is 19.6 Å². The normalized spacial score (nSPS) is 14.7. The average Bonchev–Trinajstić information content (AvgIpc) is 2.66. The van der Waals surface area contributed by atoms with Crippen LogP contribution in [-0.2, 0) is 19.6 Å². The first-order valence-electron chi connectivity index (χ1n) is 8.27. The second-order valence-electron chi connectivity index (χ2n) is 5.72. The maximum atomic E-state index is 12.3. The van der Waals surface area contributed by atoms with Gasteiger partial charge in [0.25, 0.3) is 0 Å². The topological polar surface area (TPSA) is 133 Å². The summed E-state index contributed by atoms with van der Waals surface area (Å²) in [5.41, 5.74) is -0.167. The number of hydrogen-bond donors (Lipinski definition) is 2. The van der Waals surface area contributed by atoms with E-state index in [0.717, 1.165) is 6.07 Å². The van der Waals surface area contributed by atoms with Crippen molar-refractivity contribution >= 4 is 28.0 Å². The lowest BCUT2D eigenvalue weighted by atomic mass is 10.2. The quantitative estimate of drug-likeness (QED) is 0.686. The smallest absolute Gasteiger partial charge is 0.409 e. The minimum absolute atomic E-state index is 0.167. The number of sulfonamides is 1. The second kappa shape index (κ2) is 8.82. The average molecular weight is 399 g/mol. The Kier molecular flexibility index (Phi) is 6.75. The van der Waals surface area contributed by atoms with Crippen LogP contribution in [0.3, 0.4) is 0 Å². The van der Waals surface area contributed by atoms with Crippen molar-refractivity contribution in [2.75, 3.05) is 39.3 Å². The highest BCUT2D eigenvalue weighted by Crippen LogP contribution is 2.12. The number of carbonyl (C=O) groups excluding carboxylic acids is 2. The largest absolute Gasteiger partial charge is 0.478 e. The highest BCUT2D eigenvalue weighted by atomic mass is 32.2. The molecule has 1 heterocycles. The summed E-state index contributed by atoms with van der Waals surface area (Å²) in [6.07, 6.45) is -0.441. The number of amides is 2. The number of hydrogen-bond acceptors (Lipinski definition) is 6. The Labute approximate surface area is 156 Å². The molecular weight excluding hydrogens is 378 g/mol. The molecule has 2 amide bonds. The molecule has 0 spiro atoms. The van der Waals surface area contributed by atoms with Gasteiger partial charge >= 0.3 is 12.1 Å². The molecular formula is C16H21N3O7S. The van der Waals surface area contributed by atoms with E-state index in [1.54, 1.807) is 6.92 Å². The number of benzene rings is 1. The maximum Gasteiger partial charge on any atom is 0.409 e. The Balaban J connectivity index is 1.91. The van der Waals surface area contributed by atoms with E-state index in [1.165, 1.54) is 28.0 Å². The Morgan fingerprint density at radius 1 is 1.15 bits per heavy atom. The van der Waals surface area contributed by atoms with E-state index in [2.05, 4.69) is 4.72 Å². The van der Waals surface area contributed by atoms with Crippen LogP contribution in [0.25, 0.3) is 0 Å². The SMILES string of the molecule is CCOC(=O)N1CCN(C(=O)CNS(=O)(=O)c2cccc(C(=O)O)c2)CC1. The molecule has 0 bridgehead atoms. The summed E-state index contributed by atoms with van der Waals surface area (Å²) < 4.78 is 31.6. The minimum Gasteiger partial charge on any atom is -0.478 e. The predicted octanol–water partition coefficient (Wildman–Crippen LogP) is -0.0362. The molecule has 0 saturated carbocycles. The lowest BCUT2D eigenvalue weighted by Crippen LogP contribution is -2.52. The highest BCUT2D eigenvalue weighted by molar-refractivity contribution is 7.89. The van der Waals surface area contributed by atoms with Crippen molar-refractivity contribution in [2.24, 2.45) is 0 Å². The van der Waals surface area contributed by atoms with Gasteiger partial charge in [-0.25, -0.2) is 22.7 Å². The first-order valence-corrected chi connectivity index (χ1v) is 9.75. The fraction of sp³-hybridized carbons (Fsp3) is 0.438. The standard InChI is InChI=1S/C16H21N3O7S/c1-2-26-16(23)19-8-6-18(7-9-19)14(20)11-17-27(24,25)13-5-3-4-12(10-13)15(21)22/h3-5,10,17H,2,6-9,11H2,1H3,(H,21,22). The molecule has 1 aromatic rings. The zero-order chi connectivity index (χ0) is 20.0. The van der Waals surface area contributed by atoms with Crippen molar-refractivity contribution in [1.29, 1.82) is 0 Å². The number of aromatic carboxylic acids is 1. The molecule has 11 heteroatoms. The third-order valence-electron chi connectivity index (χ3n) is 3.96. The van der Waals surface area contributed by atoms with Gasteiger partial charge in [0.2, 0.25) is 15.9 Å². The van der Waals surface area contributed by atoms with E-state index in [0.29, 0.717) is 13.1 Å². The van der Waals surface area contributed by atoms with Crippen molar-refractivity contribution < 1.29 is 32.6 Å². The van der Waals surface area contributed by atoms with Crippen molar-refractivity contribution in [3.8, 4) is 0 Å². The number of ether oxygens (including phenoxy) is 1. The van der Waals surface area contributed by atoms with Crippen LogP contribution in [-0.4, -0.2) is 80.6 Å². The molecule has 27 heavy (non-hydrogen) atoms. The van der Waals surface area contributed by atoms with Gasteiger partial charge in [0.15, 0.2) is 0 Å². The van der Waals surface area contributed by atoms with E-state index in [1.807, 2.05) is 0 Å². The van der Waals surface area contributed by atoms with E-state index in [9.17, 15) is 22.8 Å². The molecule has 2 rings (SSSR count). The first kappa shape index (κ1) is 20.6. The second-order valence-corrected chi connectivity index (χ2v) is 7.49. The van der Waals surface area contributed by atoms with Crippen molar-refractivity contribution in [1.82, 2.24) is 14.5 Å². The molecule has 0 atom stereocenters. The fourth-order valence-electron chi connectivity index (χ4n) is 2.50. The third kappa shape index (κ3) is 5.41. The fourth-order valence-corrected chi connectivity index (χ4v) is 3.52. The number of nitrogens with one attached hydrogen (secondary N) is 1. The molecule has 0 aliphatic carbocycles. The van der Waals surface area contributed by atoms with Crippen LogP contribution in [0, 0.1) is 0 Å². The van der Waals surface area contributed by atoms with Crippen LogP contribution in [0.4, 0.5) is 4.79 Å². The Hall–Kier alpha value is -2.66. The number of carboxylic acid groups (broad SMARTS) is 1. The summed E-state index contributed by atoms with van der Waals surface area (Å²) in [6.45, 7) is 2.66. The van der Waals surface area contributed by atoms with Gasteiger partial charge in [-0.3, -0.25) is 4.79 Å². The molecule has 1 aromatic carbocycles. The summed E-state index contributed by atoms with van der Waals surface area (Å²) in [6, 6.07) is 4.86. The molecule has 10 nitrogen and oxygen atoms in total. The summed E-state index contributed by atoms with van der Waals surface area (Å²) in [7, 11) is -4.03. The van der Waals surface area contributed by atoms with Gasteiger partial charge in [-0.2, -0.15) is 0 Å². The molecule has 0 radical (unpaired) electrons. The predicted molar refractivity (Wildman–Crippen MR) is 93.8 cm³/mol. The molecule has 0 unspecified atom stereocenters. The van der Waals surface area contributed by atoms with Gasteiger partial charge in [0.1, 0.15) is 0 Å². The van der Waals surface area contributed by atoms with Crippen molar-refractivity contribution in [3.05, 3.63) is 29.8 Å². The van der Waals surface area contributed by atoms with E-state index in [4.69, 9.17) is 9.84 Å². The molecule has 0 aromatic heterocycles. The van der Waals surface area contributed by atoms with Crippen LogP contribution in [0.5, 0.6) is 0 Å². The molecule has 1 saturated heterocycles. The Morgan fingerprint density at radius 2 is 1.78 bits per heavy atom. The number of rotatable bonds is 6. The molecule has 1 aliphatic rings. The number of carboxylic acids is 1. The summed E-state index contributed by atoms with van der Waals surface area (Å²) >= 11 is 0. The van der Waals surface area contributed by atoms with Crippen LogP contribution in [0.15, 0.2) is 29.2 Å². The first-order chi connectivity index (χ1) is 12.7. The third-order valence-corrected chi connectivity index (χ3v) is 5.36. The van der Waals surface area contributed by atoms with Crippen LogP contribution >= 0.6 is 0 Å².